The molecule has 0 radical (unpaired) electrons. The van der Waals surface area contributed by atoms with E-state index < -0.39 is 0 Å². The Morgan fingerprint density at radius 3 is 3.06 bits per heavy atom. The normalized spacial score (nSPS) is 11.7. The summed E-state index contributed by atoms with van der Waals surface area (Å²) < 4.78 is 2.86. The van der Waals surface area contributed by atoms with E-state index in [0.29, 0.717) is 11.6 Å². The summed E-state index contributed by atoms with van der Waals surface area (Å²) in [6.45, 7) is 0.437. The van der Waals surface area contributed by atoms with Crippen LogP contribution in [0.3, 0.4) is 0 Å². The van der Waals surface area contributed by atoms with Crippen molar-refractivity contribution in [3.8, 4) is 0 Å². The molecule has 0 amide bonds. The fraction of sp³-hybridized carbons (Fsp3) is 0.100. The maximum absolute atomic E-state index is 6.08. The molecule has 0 aliphatic carbocycles. The molecule has 2 heterocycles. The number of nitrogens with two attached hydrogens (primary N) is 1. The van der Waals surface area contributed by atoms with Gasteiger partial charge in [0.2, 0.25) is 5.78 Å². The summed E-state index contributed by atoms with van der Waals surface area (Å²) in [6, 6.07) is 5.70. The zero-order chi connectivity index (χ0) is 11.3. The van der Waals surface area contributed by atoms with Gasteiger partial charge in [-0.25, -0.2) is 4.98 Å². The van der Waals surface area contributed by atoms with Gasteiger partial charge in [0.25, 0.3) is 0 Å². The fourth-order valence-electron chi connectivity index (χ4n) is 1.80. The molecule has 3 aromatic rings. The number of benzene rings is 1. The number of aromatic amines is 1. The molecule has 3 rings (SSSR count). The van der Waals surface area contributed by atoms with Crippen molar-refractivity contribution >= 4 is 44.3 Å². The summed E-state index contributed by atoms with van der Waals surface area (Å²) >= 11 is 9.59. The van der Waals surface area contributed by atoms with Gasteiger partial charge in [-0.2, -0.15) is 0 Å². The van der Waals surface area contributed by atoms with Crippen molar-refractivity contribution in [3.63, 3.8) is 0 Å². The van der Waals surface area contributed by atoms with Crippen LogP contribution in [0.2, 0.25) is 5.02 Å². The maximum Gasteiger partial charge on any atom is 0.213 e. The average molecular weight is 300 g/mol. The second-order valence-electron chi connectivity index (χ2n) is 3.48. The molecule has 6 heteroatoms. The molecular formula is C10H8BrClN4. The number of rotatable bonds is 1. The Kier molecular flexibility index (Phi) is 2.20. The van der Waals surface area contributed by atoms with Crippen LogP contribution in [0.15, 0.2) is 22.8 Å². The fourth-order valence-corrected chi connectivity index (χ4v) is 2.64. The number of nitrogens with zero attached hydrogens (tertiary/aromatic N) is 2. The second kappa shape index (κ2) is 3.48. The van der Waals surface area contributed by atoms with Crippen LogP contribution in [0.4, 0.5) is 0 Å². The van der Waals surface area contributed by atoms with Crippen molar-refractivity contribution in [3.05, 3.63) is 33.5 Å². The van der Waals surface area contributed by atoms with E-state index in [4.69, 9.17) is 17.3 Å². The van der Waals surface area contributed by atoms with E-state index in [2.05, 4.69) is 25.9 Å². The van der Waals surface area contributed by atoms with Crippen LogP contribution in [-0.4, -0.2) is 14.4 Å². The minimum Gasteiger partial charge on any atom is -0.325 e. The predicted molar refractivity (Wildman–Crippen MR) is 67.7 cm³/mol. The number of H-pyrrole nitrogens is 1. The number of halogens is 2. The van der Waals surface area contributed by atoms with Gasteiger partial charge in [-0.15, -0.1) is 0 Å². The van der Waals surface area contributed by atoms with E-state index in [1.165, 1.54) is 0 Å². The molecule has 0 unspecified atom stereocenters. The number of para-hydroxylation sites is 1. The van der Waals surface area contributed by atoms with Gasteiger partial charge in [0.15, 0.2) is 0 Å². The molecule has 3 N–H and O–H groups in total. The topological polar surface area (TPSA) is 59.1 Å². The third-order valence-electron chi connectivity index (χ3n) is 2.55. The maximum atomic E-state index is 6.08. The Balaban J connectivity index is 2.51. The molecule has 4 nitrogen and oxygen atoms in total. The van der Waals surface area contributed by atoms with Gasteiger partial charge < -0.3 is 10.7 Å². The molecule has 0 saturated carbocycles. The van der Waals surface area contributed by atoms with Crippen molar-refractivity contribution in [2.45, 2.75) is 6.54 Å². The molecule has 0 saturated heterocycles. The third-order valence-corrected chi connectivity index (χ3v) is 3.69. The smallest absolute Gasteiger partial charge is 0.213 e. The van der Waals surface area contributed by atoms with Crippen LogP contribution in [-0.2, 0) is 6.54 Å². The Morgan fingerprint density at radius 1 is 1.50 bits per heavy atom. The van der Waals surface area contributed by atoms with Gasteiger partial charge in [0, 0.05) is 6.54 Å². The summed E-state index contributed by atoms with van der Waals surface area (Å²) in [4.78, 5) is 7.59. The number of nitrogens with one attached hydrogen (secondary N) is 1. The largest absolute Gasteiger partial charge is 0.325 e. The van der Waals surface area contributed by atoms with Crippen molar-refractivity contribution in [1.82, 2.24) is 14.4 Å². The van der Waals surface area contributed by atoms with Gasteiger partial charge in [0.1, 0.15) is 10.1 Å². The lowest BCUT2D eigenvalue weighted by Crippen LogP contribution is -1.97. The summed E-state index contributed by atoms with van der Waals surface area (Å²) in [7, 11) is 0. The van der Waals surface area contributed by atoms with Crippen LogP contribution < -0.4 is 5.73 Å². The highest BCUT2D eigenvalue weighted by Crippen LogP contribution is 2.28. The third kappa shape index (κ3) is 1.22. The number of fused-ring (bicyclic) bond motifs is 3. The molecule has 0 aliphatic heterocycles. The average Bonchev–Trinajstić information content (AvgIpc) is 2.77. The van der Waals surface area contributed by atoms with Crippen LogP contribution in [0.25, 0.3) is 16.8 Å². The van der Waals surface area contributed by atoms with Gasteiger partial charge in [-0.3, -0.25) is 4.40 Å². The molecule has 0 aliphatic rings. The Hall–Kier alpha value is -1.04. The number of hydrogen-bond donors (Lipinski definition) is 2. The zero-order valence-corrected chi connectivity index (χ0v) is 10.5. The summed E-state index contributed by atoms with van der Waals surface area (Å²) in [5.41, 5.74) is 8.29. The van der Waals surface area contributed by atoms with Crippen LogP contribution in [0.1, 0.15) is 5.69 Å². The Morgan fingerprint density at radius 2 is 2.31 bits per heavy atom. The highest BCUT2D eigenvalue weighted by Gasteiger charge is 2.14. The second-order valence-corrected chi connectivity index (χ2v) is 4.64. The first-order valence-electron chi connectivity index (χ1n) is 4.75. The van der Waals surface area contributed by atoms with Crippen molar-refractivity contribution in [2.24, 2.45) is 5.73 Å². The number of imidazole rings is 2. The van der Waals surface area contributed by atoms with Gasteiger partial charge in [-0.05, 0) is 28.1 Å². The lowest BCUT2D eigenvalue weighted by molar-refractivity contribution is 1.00. The van der Waals surface area contributed by atoms with E-state index in [-0.39, 0.29) is 0 Å². The van der Waals surface area contributed by atoms with Gasteiger partial charge in [-0.1, -0.05) is 17.7 Å². The summed E-state index contributed by atoms with van der Waals surface area (Å²) in [5.74, 6) is 0.746. The Bertz CT molecular complexity index is 685. The van der Waals surface area contributed by atoms with Crippen LogP contribution in [0.5, 0.6) is 0 Å². The monoisotopic (exact) mass is 298 g/mol. The molecule has 2 aromatic heterocycles. The predicted octanol–water partition coefficient (Wildman–Crippen LogP) is 2.69. The van der Waals surface area contributed by atoms with Crippen molar-refractivity contribution in [2.75, 3.05) is 0 Å². The molecule has 0 atom stereocenters. The Labute approximate surface area is 105 Å². The van der Waals surface area contributed by atoms with Crippen LogP contribution in [0, 0.1) is 0 Å². The van der Waals surface area contributed by atoms with E-state index in [1.54, 1.807) is 0 Å². The quantitative estimate of drug-likeness (QED) is 0.726. The van der Waals surface area contributed by atoms with E-state index in [0.717, 1.165) is 27.1 Å². The SMILES string of the molecule is NCc1[nH]c2nc3c(Cl)cccc3n2c1Br. The summed E-state index contributed by atoms with van der Waals surface area (Å²) in [6.07, 6.45) is 0. The molecule has 1 aromatic carbocycles. The molecule has 0 fully saturated rings. The molecule has 16 heavy (non-hydrogen) atoms. The van der Waals surface area contributed by atoms with Crippen molar-refractivity contribution in [1.29, 1.82) is 0 Å². The first kappa shape index (κ1) is 10.1. The lowest BCUT2D eigenvalue weighted by Gasteiger charge is -1.95. The standard InChI is InChI=1S/C10H8BrClN4/c11-9-6(4-13)14-10-15-8-5(12)2-1-3-7(8)16(9)10/h1-3H,4,13H2,(H,14,15). The molecule has 0 spiro atoms. The minimum atomic E-state index is 0.437. The highest BCUT2D eigenvalue weighted by atomic mass is 79.9. The van der Waals surface area contributed by atoms with Gasteiger partial charge >= 0.3 is 0 Å². The van der Waals surface area contributed by atoms with E-state index >= 15 is 0 Å². The summed E-state index contributed by atoms with van der Waals surface area (Å²) in [5, 5.41) is 0.649. The first-order chi connectivity index (χ1) is 7.72. The van der Waals surface area contributed by atoms with E-state index in [9.17, 15) is 0 Å². The first-order valence-corrected chi connectivity index (χ1v) is 5.92. The van der Waals surface area contributed by atoms with E-state index in [1.807, 2.05) is 22.6 Å². The minimum absolute atomic E-state index is 0.437. The number of aromatic nitrogens is 3. The van der Waals surface area contributed by atoms with Crippen molar-refractivity contribution < 1.29 is 0 Å². The zero-order valence-electron chi connectivity index (χ0n) is 8.17. The highest BCUT2D eigenvalue weighted by molar-refractivity contribution is 9.10. The number of hydrogen-bond acceptors (Lipinski definition) is 2. The van der Waals surface area contributed by atoms with Crippen LogP contribution >= 0.6 is 27.5 Å². The molecule has 82 valence electrons. The molecular weight excluding hydrogens is 291 g/mol. The molecule has 0 bridgehead atoms. The van der Waals surface area contributed by atoms with Gasteiger partial charge in [0.05, 0.1) is 16.2 Å². The lowest BCUT2D eigenvalue weighted by atomic mass is 10.3.